The number of rotatable bonds is 2. The molecule has 86 valence electrons. The third kappa shape index (κ3) is 2.45. The van der Waals surface area contributed by atoms with Gasteiger partial charge in [0.05, 0.1) is 6.33 Å². The van der Waals surface area contributed by atoms with Gasteiger partial charge in [-0.2, -0.15) is 0 Å². The van der Waals surface area contributed by atoms with Crippen molar-refractivity contribution in [1.82, 2.24) is 9.97 Å². The lowest BCUT2D eigenvalue weighted by Gasteiger charge is -2.11. The van der Waals surface area contributed by atoms with Crippen molar-refractivity contribution in [3.63, 3.8) is 0 Å². The Morgan fingerprint density at radius 3 is 2.50 bits per heavy atom. The number of H-pyrrole nitrogens is 1. The lowest BCUT2D eigenvalue weighted by molar-refractivity contribution is 0.880. The molecule has 0 fully saturated rings. The predicted octanol–water partition coefficient (Wildman–Crippen LogP) is 3.60. The topological polar surface area (TPSA) is 28.7 Å². The summed E-state index contributed by atoms with van der Waals surface area (Å²) in [5.41, 5.74) is 5.19. The zero-order valence-electron chi connectivity index (χ0n) is 9.82. The fourth-order valence-electron chi connectivity index (χ4n) is 1.72. The summed E-state index contributed by atoms with van der Waals surface area (Å²) < 4.78 is 0. The maximum Gasteiger partial charge on any atom is 0.0921 e. The minimum Gasteiger partial charge on any atom is -0.348 e. The Morgan fingerprint density at radius 2 is 1.94 bits per heavy atom. The number of benzene rings is 1. The van der Waals surface area contributed by atoms with Crippen molar-refractivity contribution < 1.29 is 0 Å². The van der Waals surface area contributed by atoms with E-state index in [0.29, 0.717) is 5.92 Å². The lowest BCUT2D eigenvalue weighted by Crippen LogP contribution is -1.97. The molecule has 0 radical (unpaired) electrons. The first-order valence-corrected chi connectivity index (χ1v) is 5.24. The molecule has 1 unspecified atom stereocenters. The third-order valence-corrected chi connectivity index (χ3v) is 3.02. The summed E-state index contributed by atoms with van der Waals surface area (Å²) in [5, 5.41) is 0. The zero-order valence-corrected chi connectivity index (χ0v) is 10.6. The molecule has 1 heterocycles. The van der Waals surface area contributed by atoms with Gasteiger partial charge in [-0.25, -0.2) is 4.98 Å². The molecule has 0 spiro atoms. The zero-order chi connectivity index (χ0) is 10.8. The summed E-state index contributed by atoms with van der Waals surface area (Å²) >= 11 is 0. The highest BCUT2D eigenvalue weighted by Gasteiger charge is 2.09. The van der Waals surface area contributed by atoms with Gasteiger partial charge in [0.1, 0.15) is 0 Å². The smallest absolute Gasteiger partial charge is 0.0921 e. The molecule has 1 N–H and O–H groups in total. The quantitative estimate of drug-likeness (QED) is 0.848. The maximum absolute atomic E-state index is 4.05. The van der Waals surface area contributed by atoms with Crippen LogP contribution in [0.3, 0.4) is 0 Å². The van der Waals surface area contributed by atoms with E-state index >= 15 is 0 Å². The molecule has 2 rings (SSSR count). The van der Waals surface area contributed by atoms with Crippen molar-refractivity contribution in [3.05, 3.63) is 53.1 Å². The molecular formula is C13H17ClN2. The third-order valence-electron chi connectivity index (χ3n) is 3.02. The second-order valence-corrected chi connectivity index (χ2v) is 4.07. The van der Waals surface area contributed by atoms with Crippen molar-refractivity contribution in [2.45, 2.75) is 26.7 Å². The fraction of sp³-hybridized carbons (Fsp3) is 0.308. The van der Waals surface area contributed by atoms with E-state index in [2.05, 4.69) is 48.9 Å². The summed E-state index contributed by atoms with van der Waals surface area (Å²) in [7, 11) is 0. The van der Waals surface area contributed by atoms with Gasteiger partial charge in [-0.1, -0.05) is 25.1 Å². The van der Waals surface area contributed by atoms with E-state index in [1.807, 2.05) is 6.20 Å². The average molecular weight is 237 g/mol. The molecule has 2 nitrogen and oxygen atoms in total. The Labute approximate surface area is 103 Å². The monoisotopic (exact) mass is 236 g/mol. The standard InChI is InChI=1S/C13H16N2.ClH/c1-9-4-5-12(6-10(9)2)11(3)13-7-14-8-15-13;/h4-8,11H,1-3H3,(H,14,15);1H. The van der Waals surface area contributed by atoms with Gasteiger partial charge >= 0.3 is 0 Å². The summed E-state index contributed by atoms with van der Waals surface area (Å²) in [6, 6.07) is 6.62. The van der Waals surface area contributed by atoms with Gasteiger partial charge in [-0.3, -0.25) is 0 Å². The maximum atomic E-state index is 4.05. The van der Waals surface area contributed by atoms with E-state index in [-0.39, 0.29) is 12.4 Å². The summed E-state index contributed by atoms with van der Waals surface area (Å²) in [5.74, 6) is 0.381. The Balaban J connectivity index is 0.00000128. The average Bonchev–Trinajstić information content (AvgIpc) is 2.74. The molecule has 2 aromatic rings. The second-order valence-electron chi connectivity index (χ2n) is 4.07. The van der Waals surface area contributed by atoms with Gasteiger partial charge in [-0.05, 0) is 30.5 Å². The Bertz CT molecular complexity index is 449. The van der Waals surface area contributed by atoms with E-state index in [0.717, 1.165) is 0 Å². The summed E-state index contributed by atoms with van der Waals surface area (Å²) in [4.78, 5) is 7.21. The van der Waals surface area contributed by atoms with E-state index in [1.54, 1.807) is 6.33 Å². The van der Waals surface area contributed by atoms with Crippen LogP contribution < -0.4 is 0 Å². The lowest BCUT2D eigenvalue weighted by atomic mass is 9.95. The van der Waals surface area contributed by atoms with Crippen LogP contribution in [-0.2, 0) is 0 Å². The van der Waals surface area contributed by atoms with Crippen molar-refractivity contribution in [2.24, 2.45) is 0 Å². The van der Waals surface area contributed by atoms with E-state index in [1.165, 1.54) is 22.4 Å². The molecule has 0 saturated heterocycles. The largest absolute Gasteiger partial charge is 0.348 e. The van der Waals surface area contributed by atoms with Gasteiger partial charge in [0, 0.05) is 17.8 Å². The molecule has 0 aliphatic rings. The number of hydrogen-bond acceptors (Lipinski definition) is 1. The van der Waals surface area contributed by atoms with Crippen molar-refractivity contribution in [2.75, 3.05) is 0 Å². The molecular weight excluding hydrogens is 220 g/mol. The van der Waals surface area contributed by atoms with Gasteiger partial charge in [0.25, 0.3) is 0 Å². The van der Waals surface area contributed by atoms with E-state index < -0.39 is 0 Å². The molecule has 0 bridgehead atoms. The van der Waals surface area contributed by atoms with Crippen LogP contribution in [0.25, 0.3) is 0 Å². The highest BCUT2D eigenvalue weighted by atomic mass is 35.5. The van der Waals surface area contributed by atoms with Crippen molar-refractivity contribution in [1.29, 1.82) is 0 Å². The number of nitrogens with zero attached hydrogens (tertiary/aromatic N) is 1. The van der Waals surface area contributed by atoms with E-state index in [4.69, 9.17) is 0 Å². The molecule has 0 amide bonds. The van der Waals surface area contributed by atoms with Crippen LogP contribution in [0, 0.1) is 13.8 Å². The number of aromatic amines is 1. The van der Waals surface area contributed by atoms with Gasteiger partial charge < -0.3 is 4.98 Å². The Hall–Kier alpha value is -1.28. The van der Waals surface area contributed by atoms with Crippen LogP contribution in [0.2, 0.25) is 0 Å². The number of aryl methyl sites for hydroxylation is 2. The summed E-state index contributed by atoms with van der Waals surface area (Å²) in [6.45, 7) is 6.48. The van der Waals surface area contributed by atoms with Crippen molar-refractivity contribution in [3.8, 4) is 0 Å². The first-order chi connectivity index (χ1) is 7.18. The SMILES string of the molecule is Cc1ccc(C(C)c2cnc[nH]2)cc1C.Cl. The molecule has 1 aromatic carbocycles. The van der Waals surface area contributed by atoms with Crippen LogP contribution in [0.1, 0.15) is 35.2 Å². The van der Waals surface area contributed by atoms with Crippen LogP contribution in [0.5, 0.6) is 0 Å². The number of nitrogens with one attached hydrogen (secondary N) is 1. The first-order valence-electron chi connectivity index (χ1n) is 5.24. The van der Waals surface area contributed by atoms with Gasteiger partial charge in [0.2, 0.25) is 0 Å². The fourth-order valence-corrected chi connectivity index (χ4v) is 1.72. The van der Waals surface area contributed by atoms with Gasteiger partial charge in [0.15, 0.2) is 0 Å². The van der Waals surface area contributed by atoms with Crippen LogP contribution in [0.15, 0.2) is 30.7 Å². The highest BCUT2D eigenvalue weighted by molar-refractivity contribution is 5.85. The highest BCUT2D eigenvalue weighted by Crippen LogP contribution is 2.23. The molecule has 3 heteroatoms. The Kier molecular flexibility index (Phi) is 4.13. The molecule has 1 atom stereocenters. The van der Waals surface area contributed by atoms with Crippen LogP contribution >= 0.6 is 12.4 Å². The van der Waals surface area contributed by atoms with Crippen molar-refractivity contribution >= 4 is 12.4 Å². The molecule has 16 heavy (non-hydrogen) atoms. The van der Waals surface area contributed by atoms with Crippen LogP contribution in [-0.4, -0.2) is 9.97 Å². The molecule has 0 aliphatic carbocycles. The minimum absolute atomic E-state index is 0. The Morgan fingerprint density at radius 1 is 1.19 bits per heavy atom. The van der Waals surface area contributed by atoms with E-state index in [9.17, 15) is 0 Å². The molecule has 0 aliphatic heterocycles. The van der Waals surface area contributed by atoms with Gasteiger partial charge in [-0.15, -0.1) is 12.4 Å². The summed E-state index contributed by atoms with van der Waals surface area (Å²) in [6.07, 6.45) is 3.62. The molecule has 1 aromatic heterocycles. The minimum atomic E-state index is 0. The second kappa shape index (κ2) is 5.17. The predicted molar refractivity (Wildman–Crippen MR) is 69.3 cm³/mol. The number of imidazole rings is 1. The first kappa shape index (κ1) is 12.8. The number of aromatic nitrogens is 2. The number of hydrogen-bond donors (Lipinski definition) is 1. The normalized spacial score (nSPS) is 11.9. The van der Waals surface area contributed by atoms with Crippen LogP contribution in [0.4, 0.5) is 0 Å². The molecule has 0 saturated carbocycles. The number of halogens is 1.